The molecule has 0 saturated heterocycles. The van der Waals surface area contributed by atoms with Gasteiger partial charge < -0.3 is 15.4 Å². The van der Waals surface area contributed by atoms with Crippen molar-refractivity contribution in [3.63, 3.8) is 0 Å². The molecule has 0 saturated carbocycles. The van der Waals surface area contributed by atoms with Crippen LogP contribution in [0.15, 0.2) is 28.8 Å². The zero-order valence-corrected chi connectivity index (χ0v) is 11.2. The molecule has 5 nitrogen and oxygen atoms in total. The highest BCUT2D eigenvalue weighted by molar-refractivity contribution is 5.54. The highest BCUT2D eigenvalue weighted by Crippen LogP contribution is 2.22. The largest absolute Gasteiger partial charge is 0.396 e. The van der Waals surface area contributed by atoms with E-state index in [0.29, 0.717) is 24.1 Å². The van der Waals surface area contributed by atoms with E-state index in [1.807, 2.05) is 12.1 Å². The summed E-state index contributed by atoms with van der Waals surface area (Å²) < 4.78 is 5.11. The van der Waals surface area contributed by atoms with Crippen LogP contribution < -0.4 is 5.73 Å². The van der Waals surface area contributed by atoms with Gasteiger partial charge in [0.1, 0.15) is 0 Å². The lowest BCUT2D eigenvalue weighted by Gasteiger charge is -2.04. The second-order valence-electron chi connectivity index (χ2n) is 4.85. The fourth-order valence-corrected chi connectivity index (χ4v) is 1.78. The summed E-state index contributed by atoms with van der Waals surface area (Å²) >= 11 is 0. The Hall–Kier alpha value is -1.72. The number of aliphatic hydroxyl groups excluding tert-OH is 1. The molecule has 3 N–H and O–H groups in total. The van der Waals surface area contributed by atoms with E-state index in [4.69, 9.17) is 15.4 Å². The lowest BCUT2D eigenvalue weighted by Crippen LogP contribution is -2.12. The molecule has 5 heteroatoms. The molecule has 0 spiro atoms. The lowest BCUT2D eigenvalue weighted by atomic mass is 10.0. The van der Waals surface area contributed by atoms with E-state index in [9.17, 15) is 0 Å². The summed E-state index contributed by atoms with van der Waals surface area (Å²) in [6, 6.07) is 7.65. The maximum absolute atomic E-state index is 8.83. The SMILES string of the molecule is CC(C)c1ccc(-c2noc(C(N)CCO)n2)cc1. The molecule has 0 amide bonds. The van der Waals surface area contributed by atoms with Crippen LogP contribution in [0.1, 0.15) is 43.7 Å². The zero-order valence-electron chi connectivity index (χ0n) is 11.2. The highest BCUT2D eigenvalue weighted by atomic mass is 16.5. The van der Waals surface area contributed by atoms with Gasteiger partial charge in [0.15, 0.2) is 0 Å². The molecule has 19 heavy (non-hydrogen) atoms. The van der Waals surface area contributed by atoms with Crippen LogP contribution in [0.5, 0.6) is 0 Å². The average Bonchev–Trinajstić information content (AvgIpc) is 2.89. The third-order valence-electron chi connectivity index (χ3n) is 3.03. The molecule has 1 aromatic carbocycles. The Morgan fingerprint density at radius 1 is 1.26 bits per heavy atom. The van der Waals surface area contributed by atoms with Gasteiger partial charge in [-0.2, -0.15) is 4.98 Å². The van der Waals surface area contributed by atoms with Gasteiger partial charge >= 0.3 is 0 Å². The van der Waals surface area contributed by atoms with Gasteiger partial charge in [0.05, 0.1) is 6.04 Å². The Labute approximate surface area is 112 Å². The van der Waals surface area contributed by atoms with Crippen LogP contribution in [0.3, 0.4) is 0 Å². The van der Waals surface area contributed by atoms with Crippen LogP contribution in [0.4, 0.5) is 0 Å². The van der Waals surface area contributed by atoms with E-state index in [1.165, 1.54) is 5.56 Å². The van der Waals surface area contributed by atoms with E-state index in [2.05, 4.69) is 36.1 Å². The summed E-state index contributed by atoms with van der Waals surface area (Å²) in [6.07, 6.45) is 0.411. The number of nitrogens with two attached hydrogens (primary N) is 1. The van der Waals surface area contributed by atoms with Gasteiger partial charge in [0.25, 0.3) is 0 Å². The molecule has 0 bridgehead atoms. The van der Waals surface area contributed by atoms with Crippen molar-refractivity contribution < 1.29 is 9.63 Å². The third kappa shape index (κ3) is 3.19. The second-order valence-corrected chi connectivity index (χ2v) is 4.85. The number of rotatable bonds is 5. The molecule has 2 rings (SSSR count). The average molecular weight is 261 g/mol. The van der Waals surface area contributed by atoms with Gasteiger partial charge in [-0.15, -0.1) is 0 Å². The molecular formula is C14H19N3O2. The maximum Gasteiger partial charge on any atom is 0.243 e. The Kier molecular flexibility index (Phi) is 4.29. The predicted octanol–water partition coefficient (Wildman–Crippen LogP) is 2.24. The van der Waals surface area contributed by atoms with E-state index >= 15 is 0 Å². The van der Waals surface area contributed by atoms with Crippen LogP contribution in [0.2, 0.25) is 0 Å². The summed E-state index contributed by atoms with van der Waals surface area (Å²) in [6.45, 7) is 4.30. The smallest absolute Gasteiger partial charge is 0.243 e. The minimum atomic E-state index is -0.416. The Balaban J connectivity index is 2.18. The molecule has 2 aromatic rings. The molecule has 0 aliphatic rings. The lowest BCUT2D eigenvalue weighted by molar-refractivity contribution is 0.259. The normalized spacial score (nSPS) is 12.9. The van der Waals surface area contributed by atoms with Gasteiger partial charge in [-0.05, 0) is 17.9 Å². The molecule has 1 aromatic heterocycles. The number of hydrogen-bond acceptors (Lipinski definition) is 5. The molecule has 1 atom stereocenters. The molecule has 102 valence electrons. The molecule has 0 fully saturated rings. The van der Waals surface area contributed by atoms with E-state index < -0.39 is 6.04 Å². The van der Waals surface area contributed by atoms with Crippen LogP contribution >= 0.6 is 0 Å². The van der Waals surface area contributed by atoms with Crippen molar-refractivity contribution in [3.8, 4) is 11.4 Å². The first-order chi connectivity index (χ1) is 9.11. The van der Waals surface area contributed by atoms with Gasteiger partial charge in [0.2, 0.25) is 11.7 Å². The van der Waals surface area contributed by atoms with Crippen molar-refractivity contribution >= 4 is 0 Å². The monoisotopic (exact) mass is 261 g/mol. The summed E-state index contributed by atoms with van der Waals surface area (Å²) in [4.78, 5) is 4.26. The van der Waals surface area contributed by atoms with Gasteiger partial charge in [-0.1, -0.05) is 43.3 Å². The number of aliphatic hydroxyl groups is 1. The first-order valence-electron chi connectivity index (χ1n) is 6.42. The van der Waals surface area contributed by atoms with Crippen LogP contribution in [-0.2, 0) is 0 Å². The van der Waals surface area contributed by atoms with Gasteiger partial charge in [-0.3, -0.25) is 0 Å². The van der Waals surface area contributed by atoms with Gasteiger partial charge in [-0.25, -0.2) is 0 Å². The number of benzene rings is 1. The molecule has 1 unspecified atom stereocenters. The second kappa shape index (κ2) is 5.95. The highest BCUT2D eigenvalue weighted by Gasteiger charge is 2.15. The first kappa shape index (κ1) is 13.7. The van der Waals surface area contributed by atoms with E-state index in [1.54, 1.807) is 0 Å². The van der Waals surface area contributed by atoms with Crippen molar-refractivity contribution in [3.05, 3.63) is 35.7 Å². The summed E-state index contributed by atoms with van der Waals surface area (Å²) in [7, 11) is 0. The van der Waals surface area contributed by atoms with Crippen LogP contribution in [0.25, 0.3) is 11.4 Å². The summed E-state index contributed by atoms with van der Waals surface area (Å²) in [5.74, 6) is 1.38. The molecule has 0 aliphatic carbocycles. The predicted molar refractivity (Wildman–Crippen MR) is 72.5 cm³/mol. The van der Waals surface area contributed by atoms with Crippen molar-refractivity contribution in [1.29, 1.82) is 0 Å². The molecule has 1 heterocycles. The van der Waals surface area contributed by atoms with Crippen molar-refractivity contribution in [2.24, 2.45) is 5.73 Å². The fourth-order valence-electron chi connectivity index (χ4n) is 1.78. The van der Waals surface area contributed by atoms with E-state index in [0.717, 1.165) is 5.56 Å². The third-order valence-corrected chi connectivity index (χ3v) is 3.03. The van der Waals surface area contributed by atoms with Crippen molar-refractivity contribution in [2.75, 3.05) is 6.61 Å². The molecule has 0 radical (unpaired) electrons. The van der Waals surface area contributed by atoms with Gasteiger partial charge in [0, 0.05) is 12.2 Å². The summed E-state index contributed by atoms with van der Waals surface area (Å²) in [5.41, 5.74) is 7.97. The quantitative estimate of drug-likeness (QED) is 0.862. The number of nitrogens with zero attached hydrogens (tertiary/aromatic N) is 2. The van der Waals surface area contributed by atoms with Crippen LogP contribution in [-0.4, -0.2) is 21.9 Å². The van der Waals surface area contributed by atoms with Crippen LogP contribution in [0, 0.1) is 0 Å². The van der Waals surface area contributed by atoms with E-state index in [-0.39, 0.29) is 6.61 Å². The molecule has 0 aliphatic heterocycles. The Morgan fingerprint density at radius 2 is 1.95 bits per heavy atom. The van der Waals surface area contributed by atoms with Crippen molar-refractivity contribution in [2.45, 2.75) is 32.2 Å². The first-order valence-corrected chi connectivity index (χ1v) is 6.42. The minimum Gasteiger partial charge on any atom is -0.396 e. The number of aromatic nitrogens is 2. The summed E-state index contributed by atoms with van der Waals surface area (Å²) in [5, 5.41) is 12.8. The maximum atomic E-state index is 8.83. The fraction of sp³-hybridized carbons (Fsp3) is 0.429. The van der Waals surface area contributed by atoms with Crippen molar-refractivity contribution in [1.82, 2.24) is 10.1 Å². The Bertz CT molecular complexity index is 520. The standard InChI is InChI=1S/C14H19N3O2/c1-9(2)10-3-5-11(6-4-10)13-16-14(19-17-13)12(15)7-8-18/h3-6,9,12,18H,7-8,15H2,1-2H3. The minimum absolute atomic E-state index is 0.00195. The topological polar surface area (TPSA) is 85.2 Å². The molecular weight excluding hydrogens is 242 g/mol. The zero-order chi connectivity index (χ0) is 13.8. The number of hydrogen-bond donors (Lipinski definition) is 2. The Morgan fingerprint density at radius 3 is 2.53 bits per heavy atom.